The molecule has 1 aromatic heterocycles. The van der Waals surface area contributed by atoms with Crippen LogP contribution in [0.5, 0.6) is 0 Å². The molecule has 4 rings (SSSR count). The van der Waals surface area contributed by atoms with Crippen molar-refractivity contribution in [1.82, 2.24) is 9.97 Å². The molecule has 0 aliphatic carbocycles. The number of aromatic nitrogens is 2. The van der Waals surface area contributed by atoms with Crippen molar-refractivity contribution in [3.8, 4) is 11.3 Å². The van der Waals surface area contributed by atoms with Crippen molar-refractivity contribution in [2.75, 3.05) is 0 Å². The number of fused-ring (bicyclic) bond motifs is 1. The topological polar surface area (TPSA) is 25.8 Å². The first-order valence-electron chi connectivity index (χ1n) is 8.62. The van der Waals surface area contributed by atoms with Gasteiger partial charge < -0.3 is 0 Å². The molecular formula is C22H15F3N2S. The average molecular weight is 396 g/mol. The Morgan fingerprint density at radius 3 is 2.32 bits per heavy atom. The fraction of sp³-hybridized carbons (Fsp3) is 0.0909. The van der Waals surface area contributed by atoms with E-state index in [9.17, 15) is 13.2 Å². The summed E-state index contributed by atoms with van der Waals surface area (Å²) in [6.07, 6.45) is -4.35. The maximum atomic E-state index is 12.9. The number of thioether (sulfide) groups is 1. The van der Waals surface area contributed by atoms with Crippen LogP contribution in [0, 0.1) is 0 Å². The SMILES string of the molecule is FC(F)(F)c1cccc(CSc2nc(-c3ccccc3)c3ccccc3n2)c1. The van der Waals surface area contributed by atoms with Crippen LogP contribution in [0.15, 0.2) is 84.0 Å². The Morgan fingerprint density at radius 2 is 1.54 bits per heavy atom. The molecule has 0 aliphatic heterocycles. The minimum Gasteiger partial charge on any atom is -0.222 e. The zero-order valence-electron chi connectivity index (χ0n) is 14.6. The molecule has 28 heavy (non-hydrogen) atoms. The van der Waals surface area contributed by atoms with Gasteiger partial charge in [0.15, 0.2) is 5.16 Å². The van der Waals surface area contributed by atoms with Crippen molar-refractivity contribution in [3.05, 3.63) is 90.0 Å². The summed E-state index contributed by atoms with van der Waals surface area (Å²) in [6.45, 7) is 0. The van der Waals surface area contributed by atoms with E-state index in [0.717, 1.165) is 28.2 Å². The van der Waals surface area contributed by atoms with Crippen LogP contribution in [0.4, 0.5) is 13.2 Å². The van der Waals surface area contributed by atoms with E-state index in [1.807, 2.05) is 54.6 Å². The van der Waals surface area contributed by atoms with Crippen molar-refractivity contribution in [2.45, 2.75) is 17.1 Å². The summed E-state index contributed by atoms with van der Waals surface area (Å²) >= 11 is 1.33. The smallest absolute Gasteiger partial charge is 0.222 e. The van der Waals surface area contributed by atoms with Gasteiger partial charge in [-0.15, -0.1) is 0 Å². The minimum absolute atomic E-state index is 0.358. The lowest BCUT2D eigenvalue weighted by atomic mass is 10.1. The Morgan fingerprint density at radius 1 is 0.786 bits per heavy atom. The molecule has 0 bridgehead atoms. The van der Waals surface area contributed by atoms with E-state index < -0.39 is 11.7 Å². The Kier molecular flexibility index (Phi) is 5.05. The van der Waals surface area contributed by atoms with Gasteiger partial charge in [0.1, 0.15) is 0 Å². The number of hydrogen-bond donors (Lipinski definition) is 0. The van der Waals surface area contributed by atoms with Gasteiger partial charge in [-0.1, -0.05) is 78.5 Å². The van der Waals surface area contributed by atoms with Gasteiger partial charge in [0.25, 0.3) is 0 Å². The standard InChI is InChI=1S/C22H15F3N2S/c23-22(24,25)17-10-6-7-15(13-17)14-28-21-26-19-12-5-4-11-18(19)20(27-21)16-8-2-1-3-9-16/h1-13H,14H2. The Bertz CT molecular complexity index is 1110. The molecule has 0 saturated heterocycles. The Hall–Kier alpha value is -2.86. The molecule has 0 saturated carbocycles. The zero-order chi connectivity index (χ0) is 19.6. The van der Waals surface area contributed by atoms with Gasteiger partial charge in [0, 0.05) is 16.7 Å². The van der Waals surface area contributed by atoms with Crippen LogP contribution in [0.2, 0.25) is 0 Å². The number of alkyl halides is 3. The first kappa shape index (κ1) is 18.5. The van der Waals surface area contributed by atoms with Crippen LogP contribution in [-0.4, -0.2) is 9.97 Å². The third-order valence-corrected chi connectivity index (χ3v) is 5.17. The second kappa shape index (κ2) is 7.64. The average Bonchev–Trinajstić information content (AvgIpc) is 2.72. The molecule has 0 amide bonds. The molecule has 140 valence electrons. The molecule has 4 aromatic rings. The van der Waals surface area contributed by atoms with E-state index in [1.54, 1.807) is 6.07 Å². The van der Waals surface area contributed by atoms with E-state index in [0.29, 0.717) is 16.5 Å². The molecule has 0 N–H and O–H groups in total. The zero-order valence-corrected chi connectivity index (χ0v) is 15.5. The third-order valence-electron chi connectivity index (χ3n) is 4.25. The molecule has 0 radical (unpaired) electrons. The molecular weight excluding hydrogens is 381 g/mol. The van der Waals surface area contributed by atoms with Crippen LogP contribution in [0.1, 0.15) is 11.1 Å². The fourth-order valence-corrected chi connectivity index (χ4v) is 3.72. The number of halogens is 3. The predicted molar refractivity (Wildman–Crippen MR) is 106 cm³/mol. The number of para-hydroxylation sites is 1. The van der Waals surface area contributed by atoms with Gasteiger partial charge in [-0.05, 0) is 17.7 Å². The van der Waals surface area contributed by atoms with E-state index >= 15 is 0 Å². The summed E-state index contributed by atoms with van der Waals surface area (Å²) in [4.78, 5) is 9.26. The van der Waals surface area contributed by atoms with Gasteiger partial charge in [0.05, 0.1) is 16.8 Å². The van der Waals surface area contributed by atoms with Crippen LogP contribution in [-0.2, 0) is 11.9 Å². The Balaban J connectivity index is 1.67. The van der Waals surface area contributed by atoms with Crippen LogP contribution in [0.25, 0.3) is 22.2 Å². The van der Waals surface area contributed by atoms with Crippen molar-refractivity contribution in [2.24, 2.45) is 0 Å². The van der Waals surface area contributed by atoms with E-state index in [-0.39, 0.29) is 0 Å². The highest BCUT2D eigenvalue weighted by Gasteiger charge is 2.30. The lowest BCUT2D eigenvalue weighted by Crippen LogP contribution is -2.05. The van der Waals surface area contributed by atoms with Gasteiger partial charge in [0.2, 0.25) is 0 Å². The predicted octanol–water partition coefficient (Wildman–Crippen LogP) is 6.61. The molecule has 1 heterocycles. The molecule has 6 heteroatoms. The van der Waals surface area contributed by atoms with Crippen molar-refractivity contribution in [3.63, 3.8) is 0 Å². The summed E-state index contributed by atoms with van der Waals surface area (Å²) in [6, 6.07) is 22.9. The first-order valence-corrected chi connectivity index (χ1v) is 9.60. The first-order chi connectivity index (χ1) is 13.5. The van der Waals surface area contributed by atoms with Crippen molar-refractivity contribution in [1.29, 1.82) is 0 Å². The largest absolute Gasteiger partial charge is 0.416 e. The van der Waals surface area contributed by atoms with Crippen molar-refractivity contribution < 1.29 is 13.2 Å². The van der Waals surface area contributed by atoms with E-state index in [1.165, 1.54) is 23.9 Å². The fourth-order valence-electron chi connectivity index (χ4n) is 2.92. The molecule has 0 atom stereocenters. The van der Waals surface area contributed by atoms with Crippen molar-refractivity contribution >= 4 is 22.7 Å². The van der Waals surface area contributed by atoms with Crippen LogP contribution < -0.4 is 0 Å². The molecule has 2 nitrogen and oxygen atoms in total. The number of nitrogens with zero attached hydrogens (tertiary/aromatic N) is 2. The molecule has 0 unspecified atom stereocenters. The quantitative estimate of drug-likeness (QED) is 0.287. The summed E-state index contributed by atoms with van der Waals surface area (Å²) in [7, 11) is 0. The molecule has 3 aromatic carbocycles. The molecule has 0 aliphatic rings. The Labute approximate surface area is 164 Å². The number of hydrogen-bond acceptors (Lipinski definition) is 3. The van der Waals surface area contributed by atoms with Gasteiger partial charge in [-0.25, -0.2) is 9.97 Å². The summed E-state index contributed by atoms with van der Waals surface area (Å²) in [5, 5.41) is 1.48. The van der Waals surface area contributed by atoms with Gasteiger partial charge >= 0.3 is 6.18 Å². The lowest BCUT2D eigenvalue weighted by Gasteiger charge is -2.10. The van der Waals surface area contributed by atoms with Gasteiger partial charge in [-0.2, -0.15) is 13.2 Å². The van der Waals surface area contributed by atoms with Gasteiger partial charge in [-0.3, -0.25) is 0 Å². The third kappa shape index (κ3) is 4.02. The number of benzene rings is 3. The summed E-state index contributed by atoms with van der Waals surface area (Å²) in [5.41, 5.74) is 2.54. The van der Waals surface area contributed by atoms with Crippen LogP contribution in [0.3, 0.4) is 0 Å². The lowest BCUT2D eigenvalue weighted by molar-refractivity contribution is -0.137. The molecule has 0 fully saturated rings. The summed E-state index contributed by atoms with van der Waals surface area (Å²) < 4.78 is 38.7. The highest BCUT2D eigenvalue weighted by atomic mass is 32.2. The minimum atomic E-state index is -4.35. The van der Waals surface area contributed by atoms with E-state index in [4.69, 9.17) is 0 Å². The highest BCUT2D eigenvalue weighted by Crippen LogP contribution is 2.32. The maximum Gasteiger partial charge on any atom is 0.416 e. The molecule has 0 spiro atoms. The monoisotopic (exact) mass is 396 g/mol. The van der Waals surface area contributed by atoms with Crippen LogP contribution >= 0.6 is 11.8 Å². The second-order valence-corrected chi connectivity index (χ2v) is 7.17. The normalized spacial score (nSPS) is 11.7. The summed E-state index contributed by atoms with van der Waals surface area (Å²) in [5.74, 6) is 0.358. The number of rotatable bonds is 4. The second-order valence-electron chi connectivity index (χ2n) is 6.22. The maximum absolute atomic E-state index is 12.9. The highest BCUT2D eigenvalue weighted by molar-refractivity contribution is 7.98. The van der Waals surface area contributed by atoms with E-state index in [2.05, 4.69) is 9.97 Å².